The Labute approximate surface area is 125 Å². The Morgan fingerprint density at radius 1 is 1.00 bits per heavy atom. The van der Waals surface area contributed by atoms with Crippen LogP contribution in [-0.2, 0) is 0 Å². The second-order valence-corrected chi connectivity index (χ2v) is 4.98. The Morgan fingerprint density at radius 2 is 1.67 bits per heavy atom. The summed E-state index contributed by atoms with van der Waals surface area (Å²) < 4.78 is 0. The van der Waals surface area contributed by atoms with Crippen LogP contribution in [0.25, 0.3) is 0 Å². The van der Waals surface area contributed by atoms with Gasteiger partial charge in [-0.05, 0) is 30.3 Å². The predicted octanol–water partition coefficient (Wildman–Crippen LogP) is 2.47. The second-order valence-electron chi connectivity index (χ2n) is 4.50. The smallest absolute Gasteiger partial charge is 0.335 e. The van der Waals surface area contributed by atoms with Crippen LogP contribution in [0, 0.1) is 0 Å². The van der Waals surface area contributed by atoms with Crippen molar-refractivity contribution in [1.29, 1.82) is 0 Å². The number of imide groups is 1. The summed E-state index contributed by atoms with van der Waals surface area (Å²) in [5.41, 5.74) is 0.637. The zero-order chi connectivity index (χ0) is 15.1. The van der Waals surface area contributed by atoms with Gasteiger partial charge in [0.25, 0.3) is 11.8 Å². The molecule has 0 saturated heterocycles. The number of para-hydroxylation sites is 1. The molecule has 0 unspecified atom stereocenters. The Bertz CT molecular complexity index is 800. The number of benzene rings is 2. The number of hydrogen-bond donors (Lipinski definition) is 2. The SMILES string of the molecule is O=C(O)c1ccc2c(c1)C(=O)N(c1ccccc1S)C2=O. The first-order chi connectivity index (χ1) is 10.0. The Kier molecular flexibility index (Phi) is 3.03. The molecule has 2 amide bonds. The van der Waals surface area contributed by atoms with Gasteiger partial charge in [-0.25, -0.2) is 9.69 Å². The van der Waals surface area contributed by atoms with Crippen molar-refractivity contribution in [3.8, 4) is 0 Å². The molecule has 0 aromatic heterocycles. The molecule has 2 aromatic rings. The number of hydrogen-bond acceptors (Lipinski definition) is 4. The molecule has 1 N–H and O–H groups in total. The van der Waals surface area contributed by atoms with Crippen LogP contribution in [0.3, 0.4) is 0 Å². The molecule has 0 saturated carbocycles. The lowest BCUT2D eigenvalue weighted by Gasteiger charge is -2.15. The summed E-state index contributed by atoms with van der Waals surface area (Å²) in [4.78, 5) is 37.3. The maximum Gasteiger partial charge on any atom is 0.335 e. The second kappa shape index (κ2) is 4.75. The Morgan fingerprint density at radius 3 is 2.33 bits per heavy atom. The summed E-state index contributed by atoms with van der Waals surface area (Å²) in [6.45, 7) is 0. The molecule has 0 atom stereocenters. The van der Waals surface area contributed by atoms with Gasteiger partial charge in [0.15, 0.2) is 0 Å². The topological polar surface area (TPSA) is 74.7 Å². The van der Waals surface area contributed by atoms with E-state index in [9.17, 15) is 14.4 Å². The van der Waals surface area contributed by atoms with E-state index in [-0.39, 0.29) is 16.7 Å². The third-order valence-corrected chi connectivity index (χ3v) is 3.63. The molecule has 0 spiro atoms. The molecule has 3 rings (SSSR count). The van der Waals surface area contributed by atoms with E-state index in [2.05, 4.69) is 12.6 Å². The van der Waals surface area contributed by atoms with Gasteiger partial charge in [0.05, 0.1) is 22.4 Å². The first-order valence-corrected chi connectivity index (χ1v) is 6.49. The minimum absolute atomic E-state index is 0.0316. The number of carboxylic acids is 1. The summed E-state index contributed by atoms with van der Waals surface area (Å²) in [6, 6.07) is 10.6. The van der Waals surface area contributed by atoms with Gasteiger partial charge in [-0.1, -0.05) is 12.1 Å². The zero-order valence-corrected chi connectivity index (χ0v) is 11.5. The molecule has 5 nitrogen and oxygen atoms in total. The summed E-state index contributed by atoms with van der Waals surface area (Å²) in [5.74, 6) is -2.17. The van der Waals surface area contributed by atoms with Crippen molar-refractivity contribution in [3.63, 3.8) is 0 Å². The highest BCUT2D eigenvalue weighted by Gasteiger charge is 2.37. The fourth-order valence-electron chi connectivity index (χ4n) is 2.25. The molecule has 0 bridgehead atoms. The van der Waals surface area contributed by atoms with E-state index in [1.54, 1.807) is 24.3 Å². The highest BCUT2D eigenvalue weighted by Crippen LogP contribution is 2.32. The van der Waals surface area contributed by atoms with Gasteiger partial charge in [0.1, 0.15) is 0 Å². The number of carbonyl (C=O) groups excluding carboxylic acids is 2. The maximum atomic E-state index is 12.4. The molecule has 0 radical (unpaired) electrons. The lowest BCUT2D eigenvalue weighted by atomic mass is 10.1. The standard InChI is InChI=1S/C15H9NO4S/c17-13-9-6-5-8(15(19)20)7-10(9)14(18)16(13)11-3-1-2-4-12(11)21/h1-7,21H,(H,19,20). The van der Waals surface area contributed by atoms with E-state index in [1.165, 1.54) is 18.2 Å². The zero-order valence-electron chi connectivity index (χ0n) is 10.6. The van der Waals surface area contributed by atoms with Gasteiger partial charge in [0.2, 0.25) is 0 Å². The molecule has 6 heteroatoms. The first-order valence-electron chi connectivity index (χ1n) is 6.05. The molecule has 21 heavy (non-hydrogen) atoms. The predicted molar refractivity (Wildman–Crippen MR) is 78.2 cm³/mol. The maximum absolute atomic E-state index is 12.4. The van der Waals surface area contributed by atoms with Crippen molar-refractivity contribution < 1.29 is 19.5 Å². The van der Waals surface area contributed by atoms with Crippen LogP contribution in [0.15, 0.2) is 47.4 Å². The average molecular weight is 299 g/mol. The minimum atomic E-state index is -1.15. The van der Waals surface area contributed by atoms with Crippen molar-refractivity contribution in [2.45, 2.75) is 4.90 Å². The van der Waals surface area contributed by atoms with Gasteiger partial charge in [-0.15, -0.1) is 12.6 Å². The number of nitrogens with zero attached hydrogens (tertiary/aromatic N) is 1. The molecule has 1 aliphatic heterocycles. The lowest BCUT2D eigenvalue weighted by Crippen LogP contribution is -2.29. The van der Waals surface area contributed by atoms with Gasteiger partial charge in [0, 0.05) is 4.90 Å². The normalized spacial score (nSPS) is 13.5. The molecule has 1 heterocycles. The van der Waals surface area contributed by atoms with Gasteiger partial charge >= 0.3 is 5.97 Å². The van der Waals surface area contributed by atoms with E-state index in [0.717, 1.165) is 4.90 Å². The lowest BCUT2D eigenvalue weighted by molar-refractivity contribution is 0.0696. The monoisotopic (exact) mass is 299 g/mol. The van der Waals surface area contributed by atoms with Crippen LogP contribution >= 0.6 is 12.6 Å². The molecule has 2 aromatic carbocycles. The molecular formula is C15H9NO4S. The third kappa shape index (κ3) is 2.00. The fourth-order valence-corrected chi connectivity index (χ4v) is 2.51. The van der Waals surface area contributed by atoms with Crippen LogP contribution in [0.1, 0.15) is 31.1 Å². The Hall–Kier alpha value is -2.60. The van der Waals surface area contributed by atoms with E-state index in [4.69, 9.17) is 5.11 Å². The Balaban J connectivity index is 2.13. The summed E-state index contributed by atoms with van der Waals surface area (Å²) in [7, 11) is 0. The van der Waals surface area contributed by atoms with Crippen molar-refractivity contribution in [2.75, 3.05) is 4.90 Å². The highest BCUT2D eigenvalue weighted by atomic mass is 32.1. The molecule has 0 aliphatic carbocycles. The van der Waals surface area contributed by atoms with Crippen LogP contribution in [0.2, 0.25) is 0 Å². The molecule has 104 valence electrons. The number of amides is 2. The number of thiol groups is 1. The molecular weight excluding hydrogens is 290 g/mol. The number of rotatable bonds is 2. The number of carbonyl (C=O) groups is 3. The van der Waals surface area contributed by atoms with Gasteiger partial charge < -0.3 is 5.11 Å². The van der Waals surface area contributed by atoms with Gasteiger partial charge in [-0.3, -0.25) is 9.59 Å². The first kappa shape index (κ1) is 13.4. The van der Waals surface area contributed by atoms with E-state index >= 15 is 0 Å². The number of anilines is 1. The van der Waals surface area contributed by atoms with Crippen molar-refractivity contribution in [3.05, 3.63) is 59.2 Å². The quantitative estimate of drug-likeness (QED) is 0.660. The fraction of sp³-hybridized carbons (Fsp3) is 0. The number of aromatic carboxylic acids is 1. The third-order valence-electron chi connectivity index (χ3n) is 3.26. The van der Waals surface area contributed by atoms with Crippen LogP contribution in [0.5, 0.6) is 0 Å². The molecule has 1 aliphatic rings. The average Bonchev–Trinajstić information content (AvgIpc) is 2.71. The van der Waals surface area contributed by atoms with E-state index in [0.29, 0.717) is 10.6 Å². The van der Waals surface area contributed by atoms with Gasteiger partial charge in [-0.2, -0.15) is 0 Å². The number of carboxylic acid groups (broad SMARTS) is 1. The minimum Gasteiger partial charge on any atom is -0.478 e. The summed E-state index contributed by atoms with van der Waals surface area (Å²) in [5, 5.41) is 8.97. The number of fused-ring (bicyclic) bond motifs is 1. The molecule has 0 fully saturated rings. The van der Waals surface area contributed by atoms with Crippen LogP contribution in [0.4, 0.5) is 5.69 Å². The van der Waals surface area contributed by atoms with E-state index < -0.39 is 17.8 Å². The highest BCUT2D eigenvalue weighted by molar-refractivity contribution is 7.80. The van der Waals surface area contributed by atoms with Crippen LogP contribution < -0.4 is 4.90 Å². The van der Waals surface area contributed by atoms with Crippen molar-refractivity contribution >= 4 is 36.1 Å². The largest absolute Gasteiger partial charge is 0.478 e. The van der Waals surface area contributed by atoms with Crippen LogP contribution in [-0.4, -0.2) is 22.9 Å². The summed E-state index contributed by atoms with van der Waals surface area (Å²) >= 11 is 4.25. The van der Waals surface area contributed by atoms with E-state index in [1.807, 2.05) is 0 Å². The van der Waals surface area contributed by atoms with Crippen molar-refractivity contribution in [2.24, 2.45) is 0 Å². The van der Waals surface area contributed by atoms with Crippen molar-refractivity contribution in [1.82, 2.24) is 0 Å². The summed E-state index contributed by atoms with van der Waals surface area (Å²) in [6.07, 6.45) is 0.